The number of hydrogen-bond donors (Lipinski definition) is 4. The highest BCUT2D eigenvalue weighted by atomic mass is 16.3. The fourth-order valence-electron chi connectivity index (χ4n) is 2.55. The van der Waals surface area contributed by atoms with Crippen LogP contribution >= 0.6 is 0 Å². The fraction of sp³-hybridized carbons (Fsp3) is 0.333. The van der Waals surface area contributed by atoms with Crippen LogP contribution in [0.3, 0.4) is 0 Å². The van der Waals surface area contributed by atoms with Crippen molar-refractivity contribution in [3.8, 4) is 17.6 Å². The van der Waals surface area contributed by atoms with Crippen molar-refractivity contribution < 1.29 is 20.4 Å². The van der Waals surface area contributed by atoms with Gasteiger partial charge in [0, 0.05) is 11.5 Å². The number of hydrogen-bond acceptors (Lipinski definition) is 4. The van der Waals surface area contributed by atoms with Crippen LogP contribution in [0.4, 0.5) is 0 Å². The largest absolute Gasteiger partial charge is 0.507 e. The van der Waals surface area contributed by atoms with Gasteiger partial charge >= 0.3 is 0 Å². The smallest absolute Gasteiger partial charge is 0.132 e. The van der Waals surface area contributed by atoms with Crippen molar-refractivity contribution in [3.05, 3.63) is 51.8 Å². The molecular weight excluding hydrogens is 280 g/mol. The summed E-state index contributed by atoms with van der Waals surface area (Å²) in [5.74, 6) is 5.89. The molecule has 22 heavy (non-hydrogen) atoms. The Morgan fingerprint density at radius 1 is 1.09 bits per heavy atom. The van der Waals surface area contributed by atoms with Crippen LogP contribution in [0.2, 0.25) is 0 Å². The lowest BCUT2D eigenvalue weighted by molar-refractivity contribution is 0.275. The molecule has 0 radical (unpaired) electrons. The summed E-state index contributed by atoms with van der Waals surface area (Å²) in [5.41, 5.74) is 3.16. The Hall–Kier alpha value is -2.22. The molecule has 0 aromatic heterocycles. The van der Waals surface area contributed by atoms with Crippen molar-refractivity contribution in [2.75, 3.05) is 6.61 Å². The van der Waals surface area contributed by atoms with Gasteiger partial charge in [-0.05, 0) is 43.0 Å². The average Bonchev–Trinajstić information content (AvgIpc) is 2.62. The molecule has 1 aliphatic carbocycles. The van der Waals surface area contributed by atoms with Gasteiger partial charge in [-0.15, -0.1) is 0 Å². The van der Waals surface area contributed by atoms with Crippen LogP contribution in [0.15, 0.2) is 35.1 Å². The van der Waals surface area contributed by atoms with Gasteiger partial charge in [0.1, 0.15) is 11.5 Å². The number of benzene rings is 1. The number of aliphatic hydroxyl groups is 3. The molecule has 0 fully saturated rings. The molecule has 116 valence electrons. The van der Waals surface area contributed by atoms with E-state index in [0.717, 1.165) is 5.56 Å². The monoisotopic (exact) mass is 300 g/mol. The van der Waals surface area contributed by atoms with Gasteiger partial charge in [0.25, 0.3) is 0 Å². The second kappa shape index (κ2) is 6.69. The molecule has 0 aliphatic heterocycles. The number of phenols is 1. The van der Waals surface area contributed by atoms with E-state index in [1.54, 1.807) is 19.9 Å². The Morgan fingerprint density at radius 2 is 1.82 bits per heavy atom. The molecule has 4 nitrogen and oxygen atoms in total. The molecule has 0 unspecified atom stereocenters. The van der Waals surface area contributed by atoms with E-state index >= 15 is 0 Å². The van der Waals surface area contributed by atoms with E-state index in [0.29, 0.717) is 28.7 Å². The zero-order valence-electron chi connectivity index (χ0n) is 12.7. The highest BCUT2D eigenvalue weighted by Crippen LogP contribution is 2.26. The van der Waals surface area contributed by atoms with Crippen molar-refractivity contribution in [1.82, 2.24) is 0 Å². The van der Waals surface area contributed by atoms with Crippen LogP contribution in [0.25, 0.3) is 0 Å². The Balaban J connectivity index is 2.30. The zero-order valence-corrected chi connectivity index (χ0v) is 12.7. The van der Waals surface area contributed by atoms with Crippen LogP contribution in [0, 0.1) is 24.7 Å². The van der Waals surface area contributed by atoms with Crippen LogP contribution in [-0.2, 0) is 13.0 Å². The molecule has 4 N–H and O–H groups in total. The van der Waals surface area contributed by atoms with Gasteiger partial charge in [-0.3, -0.25) is 0 Å². The minimum absolute atomic E-state index is 0.0374. The van der Waals surface area contributed by atoms with E-state index in [1.165, 1.54) is 0 Å². The number of aromatic hydroxyl groups is 1. The normalized spacial score (nSPS) is 17.6. The molecule has 2 rings (SSSR count). The summed E-state index contributed by atoms with van der Waals surface area (Å²) in [6.07, 6.45) is 2.47. The predicted molar refractivity (Wildman–Crippen MR) is 84.2 cm³/mol. The summed E-state index contributed by atoms with van der Waals surface area (Å²) in [6.45, 7) is 3.05. The molecular formula is C18H20O4. The van der Waals surface area contributed by atoms with Gasteiger partial charge in [-0.25, -0.2) is 0 Å². The van der Waals surface area contributed by atoms with Crippen LogP contribution in [0.1, 0.15) is 23.6 Å². The first-order chi connectivity index (χ1) is 10.5. The molecule has 1 aromatic carbocycles. The second-order valence-electron chi connectivity index (χ2n) is 5.49. The lowest BCUT2D eigenvalue weighted by atomic mass is 9.95. The Kier molecular flexibility index (Phi) is 4.92. The van der Waals surface area contributed by atoms with E-state index < -0.39 is 0 Å². The van der Waals surface area contributed by atoms with Gasteiger partial charge in [0.2, 0.25) is 0 Å². The number of aryl methyl sites for hydroxylation is 1. The van der Waals surface area contributed by atoms with Gasteiger partial charge in [0.15, 0.2) is 0 Å². The molecule has 0 bridgehead atoms. The number of allylic oxidation sites excluding steroid dienone is 2. The standard InChI is InChI=1S/C18H20O4/c1-11-5-13(3-4-15(9-19)17(11)21)7-14-6-12(2)18(22)16(8-14)10-20/h5-6,8,13,19-22H,7,9-10H2,1-2H3/t13-/m0/s1. The SMILES string of the molecule is CC1=C[C@@H](Cc2cc(C)c(O)c(CO)c2)C#CC(CO)=C1O. The average molecular weight is 300 g/mol. The third-order valence-corrected chi connectivity index (χ3v) is 3.74. The van der Waals surface area contributed by atoms with E-state index in [9.17, 15) is 20.4 Å². The van der Waals surface area contributed by atoms with E-state index in [4.69, 9.17) is 0 Å². The lowest BCUT2D eigenvalue weighted by Crippen LogP contribution is -2.01. The van der Waals surface area contributed by atoms with Crippen molar-refractivity contribution >= 4 is 0 Å². The predicted octanol–water partition coefficient (Wildman–Crippen LogP) is 2.12. The van der Waals surface area contributed by atoms with Crippen molar-refractivity contribution in [3.63, 3.8) is 0 Å². The fourth-order valence-corrected chi connectivity index (χ4v) is 2.55. The van der Waals surface area contributed by atoms with Crippen LogP contribution in [0.5, 0.6) is 5.75 Å². The van der Waals surface area contributed by atoms with E-state index in [2.05, 4.69) is 11.8 Å². The first-order valence-corrected chi connectivity index (χ1v) is 7.11. The molecule has 1 aliphatic rings. The third-order valence-electron chi connectivity index (χ3n) is 3.74. The van der Waals surface area contributed by atoms with Crippen molar-refractivity contribution in [2.45, 2.75) is 26.9 Å². The van der Waals surface area contributed by atoms with Gasteiger partial charge < -0.3 is 20.4 Å². The lowest BCUT2D eigenvalue weighted by Gasteiger charge is -2.11. The van der Waals surface area contributed by atoms with E-state index in [-0.39, 0.29) is 30.6 Å². The number of rotatable bonds is 4. The highest BCUT2D eigenvalue weighted by molar-refractivity contribution is 5.46. The summed E-state index contributed by atoms with van der Waals surface area (Å²) in [7, 11) is 0. The van der Waals surface area contributed by atoms with Crippen molar-refractivity contribution in [1.29, 1.82) is 0 Å². The molecule has 0 saturated heterocycles. The summed E-state index contributed by atoms with van der Waals surface area (Å²) in [6, 6.07) is 3.63. The molecule has 0 saturated carbocycles. The summed E-state index contributed by atoms with van der Waals surface area (Å²) in [4.78, 5) is 0. The van der Waals surface area contributed by atoms with Gasteiger partial charge in [-0.2, -0.15) is 0 Å². The third kappa shape index (κ3) is 3.33. The summed E-state index contributed by atoms with van der Waals surface area (Å²) < 4.78 is 0. The summed E-state index contributed by atoms with van der Waals surface area (Å²) in [5, 5.41) is 38.3. The van der Waals surface area contributed by atoms with Gasteiger partial charge in [-0.1, -0.05) is 24.0 Å². The first kappa shape index (κ1) is 16.2. The minimum atomic E-state index is -0.288. The topological polar surface area (TPSA) is 80.9 Å². The Bertz CT molecular complexity index is 702. The van der Waals surface area contributed by atoms with Gasteiger partial charge in [0.05, 0.1) is 18.8 Å². The van der Waals surface area contributed by atoms with E-state index in [1.807, 2.05) is 12.1 Å². The molecule has 0 spiro atoms. The maximum Gasteiger partial charge on any atom is 0.132 e. The van der Waals surface area contributed by atoms with Crippen LogP contribution in [-0.4, -0.2) is 27.0 Å². The molecule has 1 atom stereocenters. The Labute approximate surface area is 130 Å². The number of aliphatic hydroxyl groups excluding tert-OH is 3. The van der Waals surface area contributed by atoms with Crippen molar-refractivity contribution in [2.24, 2.45) is 5.92 Å². The summed E-state index contributed by atoms with van der Waals surface area (Å²) >= 11 is 0. The maximum atomic E-state index is 9.95. The molecule has 0 amide bonds. The minimum Gasteiger partial charge on any atom is -0.507 e. The quantitative estimate of drug-likeness (QED) is 0.642. The Morgan fingerprint density at radius 3 is 2.45 bits per heavy atom. The second-order valence-corrected chi connectivity index (χ2v) is 5.49. The molecule has 0 heterocycles. The zero-order chi connectivity index (χ0) is 16.3. The molecule has 4 heteroatoms. The highest BCUT2D eigenvalue weighted by Gasteiger charge is 2.14. The van der Waals surface area contributed by atoms with Crippen LogP contribution < -0.4 is 0 Å². The molecule has 1 aromatic rings. The maximum absolute atomic E-state index is 9.95. The first-order valence-electron chi connectivity index (χ1n) is 7.11.